The highest BCUT2D eigenvalue weighted by atomic mass is 32.1. The van der Waals surface area contributed by atoms with Crippen molar-refractivity contribution in [3.63, 3.8) is 0 Å². The first-order valence-electron chi connectivity index (χ1n) is 8.10. The van der Waals surface area contributed by atoms with Crippen LogP contribution in [0, 0.1) is 12.7 Å². The topological polar surface area (TPSA) is 52.6 Å². The van der Waals surface area contributed by atoms with Crippen LogP contribution in [0.5, 0.6) is 11.5 Å². The smallest absolute Gasteiger partial charge is 0.338 e. The number of thiophene rings is 1. The molecule has 0 spiro atoms. The van der Waals surface area contributed by atoms with Crippen molar-refractivity contribution in [3.05, 3.63) is 60.0 Å². The lowest BCUT2D eigenvalue weighted by Crippen LogP contribution is -2.09. The summed E-state index contributed by atoms with van der Waals surface area (Å²) in [5, 5.41) is 1.53. The Balaban J connectivity index is 2.12. The van der Waals surface area contributed by atoms with Crippen molar-refractivity contribution in [2.24, 2.45) is 0 Å². The number of esters is 2. The zero-order valence-corrected chi connectivity index (χ0v) is 16.0. The zero-order chi connectivity index (χ0) is 19.9. The molecule has 0 aliphatic carbocycles. The molecule has 0 unspecified atom stereocenters. The summed E-state index contributed by atoms with van der Waals surface area (Å²) in [6, 6.07) is 6.59. The Labute approximate surface area is 159 Å². The van der Waals surface area contributed by atoms with Gasteiger partial charge in [-0.05, 0) is 45.0 Å². The van der Waals surface area contributed by atoms with Gasteiger partial charge in [-0.1, -0.05) is 13.2 Å². The summed E-state index contributed by atoms with van der Waals surface area (Å²) in [7, 11) is 0. The van der Waals surface area contributed by atoms with Crippen LogP contribution in [0.15, 0.2) is 48.6 Å². The Morgan fingerprint density at radius 3 is 1.93 bits per heavy atom. The van der Waals surface area contributed by atoms with Crippen LogP contribution in [0.3, 0.4) is 0 Å². The first-order valence-corrected chi connectivity index (χ1v) is 8.92. The van der Waals surface area contributed by atoms with E-state index >= 15 is 0 Å². The lowest BCUT2D eigenvalue weighted by Gasteiger charge is -2.07. The van der Waals surface area contributed by atoms with Gasteiger partial charge in [0.1, 0.15) is 5.75 Å². The third-order valence-electron chi connectivity index (χ3n) is 4.01. The molecule has 0 saturated heterocycles. The first-order chi connectivity index (χ1) is 12.7. The Morgan fingerprint density at radius 2 is 1.37 bits per heavy atom. The van der Waals surface area contributed by atoms with E-state index in [-0.39, 0.29) is 11.3 Å². The molecule has 27 heavy (non-hydrogen) atoms. The summed E-state index contributed by atoms with van der Waals surface area (Å²) in [5.74, 6) is -1.55. The summed E-state index contributed by atoms with van der Waals surface area (Å²) in [6.45, 7) is 11.9. The summed E-state index contributed by atoms with van der Waals surface area (Å²) < 4.78 is 26.4. The van der Waals surface area contributed by atoms with E-state index in [1.165, 1.54) is 24.3 Å². The van der Waals surface area contributed by atoms with Crippen molar-refractivity contribution in [2.45, 2.75) is 20.8 Å². The number of carbonyl (C=O) groups excluding carboxylic acids is 2. The number of fused-ring (bicyclic) bond motifs is 3. The third kappa shape index (κ3) is 3.36. The molecule has 0 N–H and O–H groups in total. The molecule has 2 aromatic carbocycles. The number of halogens is 1. The normalized spacial score (nSPS) is 10.8. The second-order valence-electron chi connectivity index (χ2n) is 6.26. The number of hydrogen-bond donors (Lipinski definition) is 0. The molecule has 0 fully saturated rings. The maximum absolute atomic E-state index is 14.9. The maximum Gasteiger partial charge on any atom is 0.338 e. The van der Waals surface area contributed by atoms with Crippen molar-refractivity contribution < 1.29 is 23.5 Å². The van der Waals surface area contributed by atoms with Crippen LogP contribution in [-0.4, -0.2) is 11.9 Å². The van der Waals surface area contributed by atoms with Gasteiger partial charge in [-0.15, -0.1) is 11.3 Å². The van der Waals surface area contributed by atoms with E-state index in [4.69, 9.17) is 9.47 Å². The minimum absolute atomic E-state index is 0.145. The van der Waals surface area contributed by atoms with Gasteiger partial charge in [-0.2, -0.15) is 0 Å². The summed E-state index contributed by atoms with van der Waals surface area (Å²) in [4.78, 5) is 23.5. The lowest BCUT2D eigenvalue weighted by atomic mass is 10.1. The largest absolute Gasteiger partial charge is 0.423 e. The second kappa shape index (κ2) is 6.96. The molecule has 0 saturated carbocycles. The summed E-state index contributed by atoms with van der Waals surface area (Å²) in [6.07, 6.45) is 0. The number of benzene rings is 2. The average molecular weight is 384 g/mol. The van der Waals surface area contributed by atoms with Crippen LogP contribution in [0.4, 0.5) is 4.39 Å². The monoisotopic (exact) mass is 384 g/mol. The van der Waals surface area contributed by atoms with Gasteiger partial charge in [0, 0.05) is 32.2 Å². The van der Waals surface area contributed by atoms with Gasteiger partial charge in [0.25, 0.3) is 0 Å². The van der Waals surface area contributed by atoms with E-state index < -0.39 is 17.8 Å². The van der Waals surface area contributed by atoms with E-state index in [0.717, 1.165) is 15.6 Å². The average Bonchev–Trinajstić information content (AvgIpc) is 2.99. The van der Waals surface area contributed by atoms with E-state index in [2.05, 4.69) is 13.2 Å². The molecule has 0 aliphatic heterocycles. The zero-order valence-electron chi connectivity index (χ0n) is 15.1. The molecule has 3 rings (SSSR count). The Kier molecular flexibility index (Phi) is 4.85. The molecule has 1 aromatic heterocycles. The molecule has 0 amide bonds. The fourth-order valence-corrected chi connectivity index (χ4v) is 3.76. The molecule has 0 atom stereocenters. The first kappa shape index (κ1) is 18.8. The highest BCUT2D eigenvalue weighted by Crippen LogP contribution is 2.42. The third-order valence-corrected chi connectivity index (χ3v) is 5.35. The molecule has 0 bridgehead atoms. The number of aryl methyl sites for hydroxylation is 1. The fraction of sp³-hybridized carbons (Fsp3) is 0.143. The van der Waals surface area contributed by atoms with Crippen LogP contribution in [0.1, 0.15) is 19.4 Å². The summed E-state index contributed by atoms with van der Waals surface area (Å²) in [5.41, 5.74) is 1.20. The highest BCUT2D eigenvalue weighted by Gasteiger charge is 2.19. The van der Waals surface area contributed by atoms with E-state index in [0.29, 0.717) is 21.4 Å². The van der Waals surface area contributed by atoms with Gasteiger partial charge < -0.3 is 9.47 Å². The Morgan fingerprint density at radius 1 is 0.889 bits per heavy atom. The van der Waals surface area contributed by atoms with Crippen molar-refractivity contribution in [3.8, 4) is 11.5 Å². The van der Waals surface area contributed by atoms with Gasteiger partial charge in [0.15, 0.2) is 11.6 Å². The van der Waals surface area contributed by atoms with E-state index in [1.54, 1.807) is 32.0 Å². The van der Waals surface area contributed by atoms with Gasteiger partial charge in [0.2, 0.25) is 0 Å². The van der Waals surface area contributed by atoms with Crippen molar-refractivity contribution in [2.75, 3.05) is 0 Å². The minimum Gasteiger partial charge on any atom is -0.423 e. The number of ether oxygens (including phenoxy) is 2. The second-order valence-corrected chi connectivity index (χ2v) is 7.28. The maximum atomic E-state index is 14.9. The molecule has 4 nitrogen and oxygen atoms in total. The van der Waals surface area contributed by atoms with Crippen LogP contribution in [0.2, 0.25) is 0 Å². The number of rotatable bonds is 4. The van der Waals surface area contributed by atoms with Crippen LogP contribution < -0.4 is 9.47 Å². The Bertz CT molecular complexity index is 1050. The van der Waals surface area contributed by atoms with Crippen LogP contribution in [0.25, 0.3) is 20.2 Å². The highest BCUT2D eigenvalue weighted by molar-refractivity contribution is 7.26. The quantitative estimate of drug-likeness (QED) is 0.340. The molecular formula is C21H17FO4S. The molecular weight excluding hydrogens is 367 g/mol. The molecule has 6 heteroatoms. The Hall–Kier alpha value is -2.99. The number of carbonyl (C=O) groups is 2. The van der Waals surface area contributed by atoms with Gasteiger partial charge in [-0.25, -0.2) is 14.0 Å². The van der Waals surface area contributed by atoms with Crippen LogP contribution in [-0.2, 0) is 9.59 Å². The molecule has 0 radical (unpaired) electrons. The predicted molar refractivity (Wildman–Crippen MR) is 105 cm³/mol. The van der Waals surface area contributed by atoms with Gasteiger partial charge in [-0.3, -0.25) is 0 Å². The standard InChI is InChI=1S/C21H17FO4S/c1-10(2)20(23)25-15-8-6-13-14-7-9-16(26-21(24)11(3)4)17(22)19(14)27-18(13)12(15)5/h6-9H,1,3H2,2,4-5H3. The molecule has 1 heterocycles. The summed E-state index contributed by atoms with van der Waals surface area (Å²) >= 11 is 1.21. The van der Waals surface area contributed by atoms with Gasteiger partial charge >= 0.3 is 11.9 Å². The predicted octanol–water partition coefficient (Wildman–Crippen LogP) is 5.47. The van der Waals surface area contributed by atoms with E-state index in [1.807, 2.05) is 0 Å². The van der Waals surface area contributed by atoms with Crippen molar-refractivity contribution >= 4 is 43.4 Å². The van der Waals surface area contributed by atoms with E-state index in [9.17, 15) is 14.0 Å². The van der Waals surface area contributed by atoms with Crippen molar-refractivity contribution in [1.29, 1.82) is 0 Å². The molecule has 138 valence electrons. The van der Waals surface area contributed by atoms with Crippen LogP contribution >= 0.6 is 11.3 Å². The minimum atomic E-state index is -0.681. The molecule has 3 aromatic rings. The molecule has 0 aliphatic rings. The number of hydrogen-bond acceptors (Lipinski definition) is 5. The van der Waals surface area contributed by atoms with Crippen molar-refractivity contribution in [1.82, 2.24) is 0 Å². The van der Waals surface area contributed by atoms with Gasteiger partial charge in [0.05, 0.1) is 4.70 Å². The SMILES string of the molecule is C=C(C)C(=O)Oc1ccc2c(sc3c(F)c(OC(=O)C(=C)C)ccc32)c1C. The fourth-order valence-electron chi connectivity index (χ4n) is 2.53. The lowest BCUT2D eigenvalue weighted by molar-refractivity contribution is -0.131.